The van der Waals surface area contributed by atoms with E-state index in [1.54, 1.807) is 10.9 Å². The van der Waals surface area contributed by atoms with Crippen LogP contribution >= 0.6 is 0 Å². The average Bonchev–Trinajstić information content (AvgIpc) is 3.02. The maximum absolute atomic E-state index is 11.9. The zero-order chi connectivity index (χ0) is 17.4. The molecule has 24 heavy (non-hydrogen) atoms. The minimum Gasteiger partial charge on any atom is -0.334 e. The summed E-state index contributed by atoms with van der Waals surface area (Å²) in [6.45, 7) is 8.39. The molecule has 0 aliphatic carbocycles. The fourth-order valence-electron chi connectivity index (χ4n) is 2.46. The van der Waals surface area contributed by atoms with Crippen molar-refractivity contribution in [1.82, 2.24) is 25.3 Å². The number of amides is 2. The highest BCUT2D eigenvalue weighted by molar-refractivity contribution is 5.73. The molecule has 2 amide bonds. The number of carbonyl (C=O) groups excluding carboxylic acids is 1. The number of aromatic nitrogens is 2. The summed E-state index contributed by atoms with van der Waals surface area (Å²) in [7, 11) is 1.86. The number of urea groups is 1. The molecule has 2 N–H and O–H groups in total. The lowest BCUT2D eigenvalue weighted by molar-refractivity contribution is 0.240. The summed E-state index contributed by atoms with van der Waals surface area (Å²) in [5.74, 6) is 0. The Morgan fingerprint density at radius 2 is 1.67 bits per heavy atom. The molecule has 0 atom stereocenters. The molecule has 0 radical (unpaired) electrons. The van der Waals surface area contributed by atoms with Gasteiger partial charge in [-0.15, -0.1) is 0 Å². The summed E-state index contributed by atoms with van der Waals surface area (Å²) in [4.78, 5) is 14.2. The summed E-state index contributed by atoms with van der Waals surface area (Å²) in [5, 5.41) is 9.78. The molecule has 6 nitrogen and oxygen atoms in total. The van der Waals surface area contributed by atoms with E-state index in [1.807, 2.05) is 13.1 Å². The molecule has 0 saturated carbocycles. The van der Waals surface area contributed by atoms with Crippen molar-refractivity contribution >= 4 is 6.03 Å². The number of nitrogens with zero attached hydrogens (tertiary/aromatic N) is 3. The van der Waals surface area contributed by atoms with E-state index in [1.165, 1.54) is 5.56 Å². The third-order valence-electron chi connectivity index (χ3n) is 4.13. The van der Waals surface area contributed by atoms with Crippen LogP contribution in [-0.2, 0) is 26.7 Å². The highest BCUT2D eigenvalue weighted by Gasteiger charge is 2.04. The third-order valence-corrected chi connectivity index (χ3v) is 4.13. The van der Waals surface area contributed by atoms with Crippen LogP contribution in [0.2, 0.25) is 0 Å². The van der Waals surface area contributed by atoms with E-state index in [0.29, 0.717) is 13.1 Å². The number of hydrogen-bond donors (Lipinski definition) is 2. The van der Waals surface area contributed by atoms with Crippen molar-refractivity contribution in [2.75, 3.05) is 13.1 Å². The maximum Gasteiger partial charge on any atom is 0.315 e. The van der Waals surface area contributed by atoms with Crippen molar-refractivity contribution < 1.29 is 4.79 Å². The van der Waals surface area contributed by atoms with E-state index >= 15 is 0 Å². The Bertz CT molecular complexity index is 631. The lowest BCUT2D eigenvalue weighted by Gasteiger charge is -2.18. The van der Waals surface area contributed by atoms with Gasteiger partial charge in [0.2, 0.25) is 0 Å². The van der Waals surface area contributed by atoms with Gasteiger partial charge in [-0.25, -0.2) is 4.79 Å². The summed E-state index contributed by atoms with van der Waals surface area (Å²) in [6, 6.07) is 10.1. The molecule has 0 aliphatic rings. The van der Waals surface area contributed by atoms with E-state index in [-0.39, 0.29) is 6.03 Å². The van der Waals surface area contributed by atoms with Crippen LogP contribution in [0, 0.1) is 0 Å². The normalized spacial score (nSPS) is 10.8. The summed E-state index contributed by atoms with van der Waals surface area (Å²) in [6.07, 6.45) is 1.72. The van der Waals surface area contributed by atoms with Crippen molar-refractivity contribution in [3.8, 4) is 0 Å². The minimum atomic E-state index is -0.177. The molecule has 1 aromatic carbocycles. The highest BCUT2D eigenvalue weighted by atomic mass is 16.2. The van der Waals surface area contributed by atoms with E-state index in [2.05, 4.69) is 58.7 Å². The largest absolute Gasteiger partial charge is 0.334 e. The standard InChI is InChI=1S/C18H27N5O/c1-4-23(5-2)14-16-8-6-15(7-9-16)12-19-18(24)20-13-17-10-11-21-22(17)3/h6-11H,4-5,12-14H2,1-3H3,(H2,19,20,24). The van der Waals surface area contributed by atoms with Crippen LogP contribution in [0.3, 0.4) is 0 Å². The minimum absolute atomic E-state index is 0.177. The highest BCUT2D eigenvalue weighted by Crippen LogP contribution is 2.07. The van der Waals surface area contributed by atoms with Gasteiger partial charge in [-0.2, -0.15) is 5.10 Å². The van der Waals surface area contributed by atoms with Gasteiger partial charge in [0.05, 0.1) is 12.2 Å². The number of rotatable bonds is 8. The van der Waals surface area contributed by atoms with Crippen molar-refractivity contribution in [1.29, 1.82) is 0 Å². The smallest absolute Gasteiger partial charge is 0.315 e. The van der Waals surface area contributed by atoms with Crippen LogP contribution in [0.15, 0.2) is 36.5 Å². The number of aryl methyl sites for hydroxylation is 1. The lowest BCUT2D eigenvalue weighted by Crippen LogP contribution is -2.35. The van der Waals surface area contributed by atoms with E-state index < -0.39 is 0 Å². The van der Waals surface area contributed by atoms with Crippen molar-refractivity contribution in [2.24, 2.45) is 7.05 Å². The topological polar surface area (TPSA) is 62.2 Å². The molecule has 130 valence electrons. The predicted molar refractivity (Wildman–Crippen MR) is 95.4 cm³/mol. The SMILES string of the molecule is CCN(CC)Cc1ccc(CNC(=O)NCc2ccnn2C)cc1. The first kappa shape index (κ1) is 18.0. The third kappa shape index (κ3) is 5.38. The molecule has 0 bridgehead atoms. The Hall–Kier alpha value is -2.34. The number of benzene rings is 1. The van der Waals surface area contributed by atoms with E-state index in [4.69, 9.17) is 0 Å². The van der Waals surface area contributed by atoms with Crippen LogP contribution in [0.25, 0.3) is 0 Å². The zero-order valence-electron chi connectivity index (χ0n) is 14.7. The number of carbonyl (C=O) groups is 1. The molecule has 0 saturated heterocycles. The van der Waals surface area contributed by atoms with Crippen LogP contribution in [0.5, 0.6) is 0 Å². The summed E-state index contributed by atoms with van der Waals surface area (Å²) < 4.78 is 1.74. The molecule has 2 rings (SSSR count). The second-order valence-electron chi connectivity index (χ2n) is 5.76. The van der Waals surface area contributed by atoms with Gasteiger partial charge in [-0.05, 0) is 30.3 Å². The Kier molecular flexibility index (Phi) is 6.81. The molecule has 0 spiro atoms. The van der Waals surface area contributed by atoms with Gasteiger partial charge in [0.1, 0.15) is 0 Å². The molecular weight excluding hydrogens is 302 g/mol. The Balaban J connectivity index is 1.75. The fraction of sp³-hybridized carbons (Fsp3) is 0.444. The average molecular weight is 329 g/mol. The molecular formula is C18H27N5O. The van der Waals surface area contributed by atoms with Gasteiger partial charge in [0.15, 0.2) is 0 Å². The van der Waals surface area contributed by atoms with Crippen molar-refractivity contribution in [3.05, 3.63) is 53.3 Å². The monoisotopic (exact) mass is 329 g/mol. The van der Waals surface area contributed by atoms with Crippen LogP contribution in [0.1, 0.15) is 30.7 Å². The number of nitrogens with one attached hydrogen (secondary N) is 2. The number of hydrogen-bond acceptors (Lipinski definition) is 3. The lowest BCUT2D eigenvalue weighted by atomic mass is 10.1. The first-order chi connectivity index (χ1) is 11.6. The Morgan fingerprint density at radius 3 is 2.25 bits per heavy atom. The molecule has 1 heterocycles. The first-order valence-corrected chi connectivity index (χ1v) is 8.41. The molecule has 2 aromatic rings. The van der Waals surface area contributed by atoms with Crippen molar-refractivity contribution in [2.45, 2.75) is 33.5 Å². The van der Waals surface area contributed by atoms with Gasteiger partial charge < -0.3 is 10.6 Å². The maximum atomic E-state index is 11.9. The van der Waals surface area contributed by atoms with Crippen LogP contribution in [0.4, 0.5) is 4.79 Å². The first-order valence-electron chi connectivity index (χ1n) is 8.41. The van der Waals surface area contributed by atoms with Gasteiger partial charge in [-0.1, -0.05) is 38.1 Å². The summed E-state index contributed by atoms with van der Waals surface area (Å²) >= 11 is 0. The predicted octanol–water partition coefficient (Wildman–Crippen LogP) is 2.26. The molecule has 0 unspecified atom stereocenters. The van der Waals surface area contributed by atoms with Gasteiger partial charge >= 0.3 is 6.03 Å². The summed E-state index contributed by atoms with van der Waals surface area (Å²) in [5.41, 5.74) is 3.35. The fourth-order valence-corrected chi connectivity index (χ4v) is 2.46. The van der Waals surface area contributed by atoms with Crippen LogP contribution < -0.4 is 10.6 Å². The van der Waals surface area contributed by atoms with Crippen molar-refractivity contribution in [3.63, 3.8) is 0 Å². The Morgan fingerprint density at radius 1 is 1.04 bits per heavy atom. The van der Waals surface area contributed by atoms with E-state index in [9.17, 15) is 4.79 Å². The van der Waals surface area contributed by atoms with Gasteiger partial charge in [0.25, 0.3) is 0 Å². The molecule has 6 heteroatoms. The van der Waals surface area contributed by atoms with E-state index in [0.717, 1.165) is 30.9 Å². The zero-order valence-corrected chi connectivity index (χ0v) is 14.7. The van der Waals surface area contributed by atoms with Gasteiger partial charge in [0, 0.05) is 26.3 Å². The molecule has 0 fully saturated rings. The van der Waals surface area contributed by atoms with Gasteiger partial charge in [-0.3, -0.25) is 9.58 Å². The quantitative estimate of drug-likeness (QED) is 0.781. The van der Waals surface area contributed by atoms with Crippen LogP contribution in [-0.4, -0.2) is 33.8 Å². The molecule has 1 aromatic heterocycles. The second-order valence-corrected chi connectivity index (χ2v) is 5.76. The Labute approximate surface area is 143 Å². The second kappa shape index (κ2) is 9.08. The molecule has 0 aliphatic heterocycles.